The number of thiazole rings is 1. The molecule has 1 unspecified atom stereocenters. The topological polar surface area (TPSA) is 114 Å². The molecule has 2 rings (SSSR count). The Morgan fingerprint density at radius 2 is 2.19 bits per heavy atom. The van der Waals surface area contributed by atoms with E-state index in [1.807, 2.05) is 0 Å². The largest absolute Gasteiger partial charge is 0.481 e. The molecule has 1 aromatic heterocycles. The van der Waals surface area contributed by atoms with Gasteiger partial charge in [0.1, 0.15) is 0 Å². The van der Waals surface area contributed by atoms with Crippen molar-refractivity contribution in [2.45, 2.75) is 17.6 Å². The van der Waals surface area contributed by atoms with Crippen LogP contribution in [-0.4, -0.2) is 55.0 Å². The number of carbonyl (C=O) groups excluding carboxylic acids is 1. The number of aromatic nitrogens is 1. The molecular weight excluding hydrogens is 320 g/mol. The highest BCUT2D eigenvalue weighted by Gasteiger charge is 2.46. The number of carboxylic acids is 1. The number of sulfonamides is 1. The van der Waals surface area contributed by atoms with Gasteiger partial charge in [0.2, 0.25) is 0 Å². The third-order valence-electron chi connectivity index (χ3n) is 3.44. The van der Waals surface area contributed by atoms with E-state index in [4.69, 9.17) is 5.11 Å². The van der Waals surface area contributed by atoms with E-state index >= 15 is 0 Å². The van der Waals surface area contributed by atoms with Crippen LogP contribution < -0.4 is 0 Å². The Bertz CT molecular complexity index is 683. The summed E-state index contributed by atoms with van der Waals surface area (Å²) in [6, 6.07) is 0. The van der Waals surface area contributed by atoms with Crippen molar-refractivity contribution in [3.63, 3.8) is 0 Å². The Kier molecular flexibility index (Phi) is 4.04. The summed E-state index contributed by atoms with van der Waals surface area (Å²) in [5.74, 6) is -1.88. The van der Waals surface area contributed by atoms with E-state index in [1.165, 1.54) is 12.4 Å². The summed E-state index contributed by atoms with van der Waals surface area (Å²) in [5, 5.41) is 9.16. The van der Waals surface area contributed by atoms with Gasteiger partial charge >= 0.3 is 11.9 Å². The third-order valence-corrected chi connectivity index (χ3v) is 6.63. The van der Waals surface area contributed by atoms with E-state index < -0.39 is 27.4 Å². The molecule has 0 spiro atoms. The lowest BCUT2D eigenvalue weighted by molar-refractivity contribution is -0.146. The Morgan fingerprint density at radius 3 is 2.71 bits per heavy atom. The minimum atomic E-state index is -3.96. The quantitative estimate of drug-likeness (QED) is 0.793. The van der Waals surface area contributed by atoms with E-state index in [1.54, 1.807) is 0 Å². The second-order valence-electron chi connectivity index (χ2n) is 4.93. The molecule has 2 heterocycles. The average Bonchev–Trinajstić information content (AvgIpc) is 3.05. The number of aliphatic carboxylic acids is 1. The molecule has 0 aromatic carbocycles. The van der Waals surface area contributed by atoms with E-state index in [0.717, 1.165) is 22.8 Å². The van der Waals surface area contributed by atoms with Crippen molar-refractivity contribution in [2.75, 3.05) is 20.2 Å². The van der Waals surface area contributed by atoms with Crippen molar-refractivity contribution in [3.05, 3.63) is 11.2 Å². The lowest BCUT2D eigenvalue weighted by atomic mass is 9.90. The van der Waals surface area contributed by atoms with Crippen molar-refractivity contribution in [1.82, 2.24) is 9.29 Å². The van der Waals surface area contributed by atoms with Crippen LogP contribution in [0.2, 0.25) is 0 Å². The van der Waals surface area contributed by atoms with Crippen LogP contribution in [-0.2, 0) is 19.6 Å². The molecule has 10 heteroatoms. The molecule has 8 nitrogen and oxygen atoms in total. The number of rotatable bonds is 4. The first-order valence-corrected chi connectivity index (χ1v) is 8.30. The van der Waals surface area contributed by atoms with Crippen LogP contribution in [0.25, 0.3) is 0 Å². The predicted octanol–water partition coefficient (Wildman–Crippen LogP) is 0.415. The van der Waals surface area contributed by atoms with Gasteiger partial charge < -0.3 is 9.84 Å². The van der Waals surface area contributed by atoms with E-state index in [9.17, 15) is 18.0 Å². The normalized spacial score (nSPS) is 23.1. The summed E-state index contributed by atoms with van der Waals surface area (Å²) >= 11 is 0.807. The molecule has 1 atom stereocenters. The summed E-state index contributed by atoms with van der Waals surface area (Å²) in [7, 11) is -2.83. The van der Waals surface area contributed by atoms with Gasteiger partial charge in [-0.15, -0.1) is 11.3 Å². The highest BCUT2D eigenvalue weighted by molar-refractivity contribution is 7.91. The number of hydrogen-bond donors (Lipinski definition) is 1. The zero-order valence-corrected chi connectivity index (χ0v) is 13.0. The minimum absolute atomic E-state index is 0.0870. The molecule has 1 aliphatic rings. The van der Waals surface area contributed by atoms with Crippen molar-refractivity contribution < 1.29 is 27.9 Å². The zero-order valence-electron chi connectivity index (χ0n) is 11.4. The van der Waals surface area contributed by atoms with Gasteiger partial charge in [0.25, 0.3) is 10.0 Å². The predicted molar refractivity (Wildman–Crippen MR) is 72.6 cm³/mol. The molecule has 0 bridgehead atoms. The van der Waals surface area contributed by atoms with Crippen LogP contribution in [0.1, 0.15) is 23.8 Å². The summed E-state index contributed by atoms with van der Waals surface area (Å²) < 4.78 is 30.4. The second-order valence-corrected chi connectivity index (χ2v) is 7.92. The first kappa shape index (κ1) is 15.9. The lowest BCUT2D eigenvalue weighted by Crippen LogP contribution is -2.35. The molecule has 1 aromatic rings. The number of carbonyl (C=O) groups is 2. The Morgan fingerprint density at radius 1 is 1.52 bits per heavy atom. The SMILES string of the molecule is COC(=O)c1ncsc1S(=O)(=O)N1CCC(C)(C(=O)O)C1. The second kappa shape index (κ2) is 5.35. The standard InChI is InChI=1S/C11H14N2O6S2/c1-11(10(15)16)3-4-13(5-11)21(17,18)9-7(8(14)19-2)12-6-20-9/h6H,3-5H2,1-2H3,(H,15,16). The summed E-state index contributed by atoms with van der Waals surface area (Å²) in [4.78, 5) is 26.5. The molecule has 0 amide bonds. The highest BCUT2D eigenvalue weighted by Crippen LogP contribution is 2.35. The first-order chi connectivity index (χ1) is 9.72. The smallest absolute Gasteiger partial charge is 0.358 e. The molecule has 1 N–H and O–H groups in total. The zero-order chi connectivity index (χ0) is 15.8. The molecule has 0 saturated carbocycles. The van der Waals surface area contributed by atoms with Gasteiger partial charge in [0.15, 0.2) is 9.90 Å². The van der Waals surface area contributed by atoms with Crippen LogP contribution >= 0.6 is 11.3 Å². The van der Waals surface area contributed by atoms with Gasteiger partial charge in [0, 0.05) is 13.1 Å². The van der Waals surface area contributed by atoms with Crippen LogP contribution in [0.3, 0.4) is 0 Å². The van der Waals surface area contributed by atoms with Gasteiger partial charge in [-0.1, -0.05) is 0 Å². The maximum atomic E-state index is 12.5. The number of methoxy groups -OCH3 is 1. The Labute approximate surface area is 125 Å². The fraction of sp³-hybridized carbons (Fsp3) is 0.545. The minimum Gasteiger partial charge on any atom is -0.481 e. The van der Waals surface area contributed by atoms with Gasteiger partial charge in [-0.25, -0.2) is 18.2 Å². The van der Waals surface area contributed by atoms with Gasteiger partial charge in [-0.3, -0.25) is 4.79 Å². The van der Waals surface area contributed by atoms with Crippen molar-refractivity contribution in [3.8, 4) is 0 Å². The van der Waals surface area contributed by atoms with Gasteiger partial charge in [-0.2, -0.15) is 4.31 Å². The van der Waals surface area contributed by atoms with E-state index in [2.05, 4.69) is 9.72 Å². The lowest BCUT2D eigenvalue weighted by Gasteiger charge is -2.19. The van der Waals surface area contributed by atoms with Crippen molar-refractivity contribution in [1.29, 1.82) is 0 Å². The number of esters is 1. The maximum absolute atomic E-state index is 12.5. The molecule has 1 saturated heterocycles. The van der Waals surface area contributed by atoms with E-state index in [-0.39, 0.29) is 29.4 Å². The fourth-order valence-electron chi connectivity index (χ4n) is 2.07. The van der Waals surface area contributed by atoms with E-state index in [0.29, 0.717) is 0 Å². The van der Waals surface area contributed by atoms with Gasteiger partial charge in [0.05, 0.1) is 18.0 Å². The number of carboxylic acid groups (broad SMARTS) is 1. The van der Waals surface area contributed by atoms with Gasteiger partial charge in [-0.05, 0) is 13.3 Å². The van der Waals surface area contributed by atoms with Crippen LogP contribution in [0.5, 0.6) is 0 Å². The molecule has 21 heavy (non-hydrogen) atoms. The summed E-state index contributed by atoms with van der Waals surface area (Å²) in [6.07, 6.45) is 0.216. The number of hydrogen-bond acceptors (Lipinski definition) is 7. The van der Waals surface area contributed by atoms with Crippen LogP contribution in [0.15, 0.2) is 9.72 Å². The fourth-order valence-corrected chi connectivity index (χ4v) is 4.90. The molecule has 1 fully saturated rings. The average molecular weight is 334 g/mol. The molecule has 1 aliphatic heterocycles. The third kappa shape index (κ3) is 2.65. The first-order valence-electron chi connectivity index (χ1n) is 5.98. The van der Waals surface area contributed by atoms with Crippen molar-refractivity contribution in [2.24, 2.45) is 5.41 Å². The molecular formula is C11H14N2O6S2. The van der Waals surface area contributed by atoms with Crippen molar-refractivity contribution >= 4 is 33.3 Å². The Hall–Kier alpha value is -1.52. The van der Waals surface area contributed by atoms with Crippen LogP contribution in [0.4, 0.5) is 0 Å². The number of nitrogens with zero attached hydrogens (tertiary/aromatic N) is 2. The Balaban J connectivity index is 2.35. The molecule has 0 radical (unpaired) electrons. The number of ether oxygens (including phenoxy) is 1. The monoisotopic (exact) mass is 334 g/mol. The molecule has 116 valence electrons. The summed E-state index contributed by atoms with van der Waals surface area (Å²) in [5.41, 5.74) is -0.152. The molecule has 0 aliphatic carbocycles. The van der Waals surface area contributed by atoms with Crippen LogP contribution in [0, 0.1) is 5.41 Å². The maximum Gasteiger partial charge on any atom is 0.358 e. The summed E-state index contributed by atoms with van der Waals surface area (Å²) in [6.45, 7) is 1.45. The highest BCUT2D eigenvalue weighted by atomic mass is 32.2.